The van der Waals surface area contributed by atoms with E-state index in [2.05, 4.69) is 5.32 Å². The molecule has 0 aliphatic heterocycles. The van der Waals surface area contributed by atoms with Crippen LogP contribution in [-0.2, 0) is 11.2 Å². The maximum atomic E-state index is 11.8. The van der Waals surface area contributed by atoms with Gasteiger partial charge in [0.2, 0.25) is 5.91 Å². The van der Waals surface area contributed by atoms with Gasteiger partial charge in [-0.05, 0) is 42.9 Å². The number of aryl methyl sites for hydroxylation is 1. The highest BCUT2D eigenvalue weighted by Crippen LogP contribution is 2.31. The van der Waals surface area contributed by atoms with Gasteiger partial charge in [0.25, 0.3) is 0 Å². The van der Waals surface area contributed by atoms with E-state index in [1.807, 2.05) is 25.1 Å². The molecule has 0 saturated heterocycles. The standard InChI is InChI=1S/C15H22N2O2.ClH/c1-10-3-4-11(7-14(10)19-2)8-15(18)17-9-13(16)12-5-6-12;/h3-4,7,12-13H,5-6,8-9,16H2,1-2H3,(H,17,18);1H. The van der Waals surface area contributed by atoms with E-state index in [1.54, 1.807) is 7.11 Å². The molecular formula is C15H23ClN2O2. The molecule has 1 unspecified atom stereocenters. The van der Waals surface area contributed by atoms with Crippen LogP contribution >= 0.6 is 12.4 Å². The number of nitrogens with two attached hydrogens (primary N) is 1. The third kappa shape index (κ3) is 4.69. The molecule has 3 N–H and O–H groups in total. The summed E-state index contributed by atoms with van der Waals surface area (Å²) in [4.78, 5) is 11.8. The minimum Gasteiger partial charge on any atom is -0.496 e. The minimum absolute atomic E-state index is 0. The Balaban J connectivity index is 0.00000200. The summed E-state index contributed by atoms with van der Waals surface area (Å²) in [6, 6.07) is 5.95. The quantitative estimate of drug-likeness (QED) is 0.842. The molecule has 1 aromatic carbocycles. The fourth-order valence-corrected chi connectivity index (χ4v) is 2.15. The molecule has 2 rings (SSSR count). The number of ether oxygens (including phenoxy) is 1. The third-order valence-electron chi connectivity index (χ3n) is 3.60. The van der Waals surface area contributed by atoms with Crippen LogP contribution in [0.3, 0.4) is 0 Å². The van der Waals surface area contributed by atoms with Gasteiger partial charge >= 0.3 is 0 Å². The van der Waals surface area contributed by atoms with E-state index in [0.29, 0.717) is 18.9 Å². The van der Waals surface area contributed by atoms with E-state index in [4.69, 9.17) is 10.5 Å². The number of carbonyl (C=O) groups is 1. The number of rotatable bonds is 6. The van der Waals surface area contributed by atoms with E-state index in [0.717, 1.165) is 16.9 Å². The molecule has 4 nitrogen and oxygen atoms in total. The Hall–Kier alpha value is -1.26. The van der Waals surface area contributed by atoms with Crippen LogP contribution < -0.4 is 15.8 Å². The van der Waals surface area contributed by atoms with E-state index in [-0.39, 0.29) is 24.4 Å². The van der Waals surface area contributed by atoms with Gasteiger partial charge < -0.3 is 15.8 Å². The van der Waals surface area contributed by atoms with Crippen LogP contribution in [0.5, 0.6) is 5.75 Å². The van der Waals surface area contributed by atoms with Gasteiger partial charge in [0.15, 0.2) is 0 Å². The Labute approximate surface area is 126 Å². The highest BCUT2D eigenvalue weighted by molar-refractivity contribution is 5.85. The highest BCUT2D eigenvalue weighted by Gasteiger charge is 2.28. The van der Waals surface area contributed by atoms with Gasteiger partial charge in [-0.25, -0.2) is 0 Å². The molecule has 1 aliphatic rings. The second-order valence-electron chi connectivity index (χ2n) is 5.29. The van der Waals surface area contributed by atoms with Crippen LogP contribution in [0.2, 0.25) is 0 Å². The molecule has 5 heteroatoms. The fraction of sp³-hybridized carbons (Fsp3) is 0.533. The van der Waals surface area contributed by atoms with E-state index in [1.165, 1.54) is 12.8 Å². The number of carbonyl (C=O) groups excluding carboxylic acids is 1. The molecule has 1 aromatic rings. The first kappa shape index (κ1) is 16.8. The zero-order valence-electron chi connectivity index (χ0n) is 12.0. The predicted octanol–water partition coefficient (Wildman–Crippen LogP) is 1.82. The molecule has 0 radical (unpaired) electrons. The number of hydrogen-bond acceptors (Lipinski definition) is 3. The molecule has 0 bridgehead atoms. The monoisotopic (exact) mass is 298 g/mol. The summed E-state index contributed by atoms with van der Waals surface area (Å²) in [5.74, 6) is 1.45. The second kappa shape index (κ2) is 7.50. The maximum absolute atomic E-state index is 11.8. The van der Waals surface area contributed by atoms with Gasteiger partial charge in [-0.2, -0.15) is 0 Å². The summed E-state index contributed by atoms with van der Waals surface area (Å²) in [6.45, 7) is 2.56. The number of methoxy groups -OCH3 is 1. The van der Waals surface area contributed by atoms with Crippen LogP contribution in [0.1, 0.15) is 24.0 Å². The van der Waals surface area contributed by atoms with Crippen LogP contribution in [0.15, 0.2) is 18.2 Å². The Kier molecular flexibility index (Phi) is 6.30. The Morgan fingerprint density at radius 2 is 2.20 bits per heavy atom. The van der Waals surface area contributed by atoms with Crippen molar-refractivity contribution in [3.63, 3.8) is 0 Å². The van der Waals surface area contributed by atoms with Crippen molar-refractivity contribution < 1.29 is 9.53 Å². The Bertz CT molecular complexity index is 461. The van der Waals surface area contributed by atoms with Crippen LogP contribution in [0, 0.1) is 12.8 Å². The predicted molar refractivity (Wildman–Crippen MR) is 82.4 cm³/mol. The minimum atomic E-state index is 0. The Morgan fingerprint density at radius 3 is 2.80 bits per heavy atom. The zero-order chi connectivity index (χ0) is 13.8. The van der Waals surface area contributed by atoms with E-state index in [9.17, 15) is 4.79 Å². The van der Waals surface area contributed by atoms with Crippen molar-refractivity contribution in [3.8, 4) is 5.75 Å². The van der Waals surface area contributed by atoms with Gasteiger partial charge in [0.05, 0.1) is 13.5 Å². The Morgan fingerprint density at radius 1 is 1.50 bits per heavy atom. The second-order valence-corrected chi connectivity index (χ2v) is 5.29. The molecule has 1 aliphatic carbocycles. The van der Waals surface area contributed by atoms with Crippen molar-refractivity contribution in [2.75, 3.05) is 13.7 Å². The van der Waals surface area contributed by atoms with Crippen molar-refractivity contribution in [2.45, 2.75) is 32.2 Å². The van der Waals surface area contributed by atoms with Gasteiger partial charge in [-0.15, -0.1) is 12.4 Å². The number of halogens is 1. The SMILES string of the molecule is COc1cc(CC(=O)NCC(N)C2CC2)ccc1C.Cl. The first-order valence-electron chi connectivity index (χ1n) is 6.76. The van der Waals surface area contributed by atoms with E-state index >= 15 is 0 Å². The summed E-state index contributed by atoms with van der Waals surface area (Å²) < 4.78 is 5.25. The topological polar surface area (TPSA) is 64.3 Å². The lowest BCUT2D eigenvalue weighted by Gasteiger charge is -2.12. The van der Waals surface area contributed by atoms with Gasteiger partial charge in [0, 0.05) is 12.6 Å². The van der Waals surface area contributed by atoms with Crippen LogP contribution in [0.4, 0.5) is 0 Å². The number of amides is 1. The van der Waals surface area contributed by atoms with Crippen LogP contribution in [-0.4, -0.2) is 25.6 Å². The molecule has 112 valence electrons. The average molecular weight is 299 g/mol. The number of nitrogens with one attached hydrogen (secondary N) is 1. The average Bonchev–Trinajstić information content (AvgIpc) is 3.22. The smallest absolute Gasteiger partial charge is 0.224 e. The van der Waals surface area contributed by atoms with Crippen molar-refractivity contribution in [3.05, 3.63) is 29.3 Å². The van der Waals surface area contributed by atoms with Crippen LogP contribution in [0.25, 0.3) is 0 Å². The van der Waals surface area contributed by atoms with Gasteiger partial charge in [-0.3, -0.25) is 4.79 Å². The first-order chi connectivity index (χ1) is 9.10. The van der Waals surface area contributed by atoms with E-state index < -0.39 is 0 Å². The fourth-order valence-electron chi connectivity index (χ4n) is 2.15. The maximum Gasteiger partial charge on any atom is 0.224 e. The summed E-state index contributed by atoms with van der Waals surface area (Å²) in [6.07, 6.45) is 2.77. The lowest BCUT2D eigenvalue weighted by Crippen LogP contribution is -2.39. The normalized spacial score (nSPS) is 15.2. The first-order valence-corrected chi connectivity index (χ1v) is 6.76. The summed E-state index contributed by atoms with van der Waals surface area (Å²) >= 11 is 0. The van der Waals surface area contributed by atoms with Crippen molar-refractivity contribution in [2.24, 2.45) is 11.7 Å². The summed E-state index contributed by atoms with van der Waals surface area (Å²) in [5.41, 5.74) is 7.98. The largest absolute Gasteiger partial charge is 0.496 e. The molecule has 1 saturated carbocycles. The molecule has 0 heterocycles. The third-order valence-corrected chi connectivity index (χ3v) is 3.60. The number of benzene rings is 1. The molecule has 20 heavy (non-hydrogen) atoms. The molecule has 1 amide bonds. The molecule has 1 fully saturated rings. The van der Waals surface area contributed by atoms with Crippen molar-refractivity contribution >= 4 is 18.3 Å². The van der Waals surface area contributed by atoms with Gasteiger partial charge in [-0.1, -0.05) is 12.1 Å². The molecule has 0 aromatic heterocycles. The van der Waals surface area contributed by atoms with Crippen molar-refractivity contribution in [1.29, 1.82) is 0 Å². The summed E-state index contributed by atoms with van der Waals surface area (Å²) in [5, 5.41) is 2.90. The molecular weight excluding hydrogens is 276 g/mol. The van der Waals surface area contributed by atoms with Crippen molar-refractivity contribution in [1.82, 2.24) is 5.32 Å². The van der Waals surface area contributed by atoms with Gasteiger partial charge in [0.1, 0.15) is 5.75 Å². The zero-order valence-corrected chi connectivity index (χ0v) is 12.8. The lowest BCUT2D eigenvalue weighted by atomic mass is 10.1. The molecule has 0 spiro atoms. The number of hydrogen-bond donors (Lipinski definition) is 2. The highest BCUT2D eigenvalue weighted by atomic mass is 35.5. The molecule has 1 atom stereocenters. The summed E-state index contributed by atoms with van der Waals surface area (Å²) in [7, 11) is 1.64. The lowest BCUT2D eigenvalue weighted by molar-refractivity contribution is -0.120.